The first-order chi connectivity index (χ1) is 17.0. The molecule has 35 heavy (non-hydrogen) atoms. The van der Waals surface area contributed by atoms with Crippen molar-refractivity contribution in [1.29, 1.82) is 0 Å². The van der Waals surface area contributed by atoms with Crippen molar-refractivity contribution in [2.24, 2.45) is 0 Å². The third kappa shape index (κ3) is 4.79. The molecule has 5 rings (SSSR count). The lowest BCUT2D eigenvalue weighted by Gasteiger charge is -2.33. The molecule has 0 unspecified atom stereocenters. The largest absolute Gasteiger partial charge is 0.490 e. The smallest absolute Gasteiger partial charge is 0.338 e. The second-order valence-corrected chi connectivity index (χ2v) is 9.51. The van der Waals surface area contributed by atoms with Crippen molar-refractivity contribution in [3.63, 3.8) is 0 Å². The van der Waals surface area contributed by atoms with E-state index < -0.39 is 11.8 Å². The minimum atomic E-state index is -1.25. The first-order valence-electron chi connectivity index (χ1n) is 12.3. The van der Waals surface area contributed by atoms with Gasteiger partial charge >= 0.3 is 5.97 Å². The van der Waals surface area contributed by atoms with Crippen LogP contribution in [0.15, 0.2) is 84.9 Å². The maximum Gasteiger partial charge on any atom is 0.338 e. The second kappa shape index (κ2) is 9.91. The average molecular weight is 469 g/mol. The van der Waals surface area contributed by atoms with Crippen molar-refractivity contribution in [2.45, 2.75) is 50.5 Å². The molecule has 0 saturated carbocycles. The molecule has 0 fully saturated rings. The molecule has 0 radical (unpaired) electrons. The van der Waals surface area contributed by atoms with Gasteiger partial charge < -0.3 is 9.84 Å². The van der Waals surface area contributed by atoms with E-state index in [-0.39, 0.29) is 17.6 Å². The normalized spacial score (nSPS) is 18.0. The van der Waals surface area contributed by atoms with E-state index in [1.165, 1.54) is 28.5 Å². The van der Waals surface area contributed by atoms with Gasteiger partial charge in [0.1, 0.15) is 11.6 Å². The number of hydrogen-bond acceptors (Lipinski definition) is 2. The summed E-state index contributed by atoms with van der Waals surface area (Å²) in [7, 11) is 0. The minimum absolute atomic E-state index is 0.0212. The Morgan fingerprint density at radius 1 is 1.03 bits per heavy atom. The molecule has 0 aromatic heterocycles. The van der Waals surface area contributed by atoms with E-state index >= 15 is 0 Å². The molecule has 1 N–H and O–H groups in total. The van der Waals surface area contributed by atoms with Gasteiger partial charge in [-0.15, -0.1) is 0 Å². The number of para-hydroxylation sites is 1. The molecular weight excluding hydrogens is 439 g/mol. The number of halogens is 1. The number of carboxylic acids is 1. The fourth-order valence-electron chi connectivity index (χ4n) is 5.40. The van der Waals surface area contributed by atoms with E-state index in [1.807, 2.05) is 24.3 Å². The lowest BCUT2D eigenvalue weighted by atomic mass is 9.82. The lowest BCUT2D eigenvalue weighted by molar-refractivity contribution is 0.0691. The van der Waals surface area contributed by atoms with Crippen LogP contribution in [0.3, 0.4) is 0 Å². The molecule has 0 aliphatic carbocycles. The molecule has 4 heteroatoms. The molecule has 3 atom stereocenters. The van der Waals surface area contributed by atoms with Crippen molar-refractivity contribution in [3.8, 4) is 5.75 Å². The van der Waals surface area contributed by atoms with Crippen molar-refractivity contribution in [2.75, 3.05) is 0 Å². The number of carboxylic acid groups (broad SMARTS) is 1. The summed E-state index contributed by atoms with van der Waals surface area (Å²) in [5, 5.41) is 12.0. The highest BCUT2D eigenvalue weighted by atomic mass is 19.1. The van der Waals surface area contributed by atoms with Crippen LogP contribution in [0.4, 0.5) is 4.39 Å². The number of aromatic carboxylic acids is 1. The first-order valence-corrected chi connectivity index (χ1v) is 12.3. The molecule has 3 nitrogen and oxygen atoms in total. The van der Waals surface area contributed by atoms with Crippen LogP contribution in [0.1, 0.15) is 71.5 Å². The molecule has 0 saturated heterocycles. The van der Waals surface area contributed by atoms with Crippen LogP contribution in [0.2, 0.25) is 0 Å². The Morgan fingerprint density at radius 3 is 2.66 bits per heavy atom. The molecule has 178 valence electrons. The Labute approximate surface area is 205 Å². The van der Waals surface area contributed by atoms with Crippen LogP contribution in [-0.4, -0.2) is 17.2 Å². The van der Waals surface area contributed by atoms with Crippen molar-refractivity contribution >= 4 is 16.7 Å². The van der Waals surface area contributed by atoms with Crippen LogP contribution in [0, 0.1) is 5.82 Å². The topological polar surface area (TPSA) is 46.5 Å². The molecule has 0 bridgehead atoms. The number of hydrogen-bond donors (Lipinski definition) is 1. The number of carbonyl (C=O) groups is 1. The van der Waals surface area contributed by atoms with Crippen LogP contribution in [-0.2, 0) is 0 Å². The molecule has 0 amide bonds. The Bertz CT molecular complexity index is 1360. The molecule has 4 aromatic carbocycles. The zero-order valence-electron chi connectivity index (χ0n) is 19.8. The molecule has 1 aliphatic heterocycles. The maximum absolute atomic E-state index is 14.0. The Morgan fingerprint density at radius 2 is 1.80 bits per heavy atom. The van der Waals surface area contributed by atoms with Gasteiger partial charge in [0.15, 0.2) is 0 Å². The van der Waals surface area contributed by atoms with Crippen LogP contribution < -0.4 is 4.74 Å². The summed E-state index contributed by atoms with van der Waals surface area (Å²) in [6.07, 6.45) is 3.75. The standard InChI is InChI=1S/C31H29FO3/c1-20(24-14-7-10-21-9-2-3-12-25(21)24)8-6-11-23-19-27(26-13-4-5-15-30(26)35-23)22-16-17-29(32)28(18-22)31(33)34/h2-5,7,9-10,12-18,20,23,27H,6,8,11,19H2,1H3,(H,33,34)/t20-,23-,27-/m0/s1. The lowest BCUT2D eigenvalue weighted by Crippen LogP contribution is -2.26. The zero-order chi connectivity index (χ0) is 24.4. The monoisotopic (exact) mass is 468 g/mol. The van der Waals surface area contributed by atoms with Gasteiger partial charge in [-0.3, -0.25) is 0 Å². The van der Waals surface area contributed by atoms with Crippen molar-refractivity contribution in [3.05, 3.63) is 113 Å². The van der Waals surface area contributed by atoms with E-state index in [2.05, 4.69) is 49.4 Å². The summed E-state index contributed by atoms with van der Waals surface area (Å²) in [6.45, 7) is 2.29. The SMILES string of the molecule is C[C@@H](CCC[C@H]1C[C@@H](c2ccc(F)c(C(=O)O)c2)c2ccccc2O1)c1cccc2ccccc12. The average Bonchev–Trinajstić information content (AvgIpc) is 2.88. The molecule has 4 aromatic rings. The van der Waals surface area contributed by atoms with Gasteiger partial charge in [-0.2, -0.15) is 0 Å². The highest BCUT2D eigenvalue weighted by Crippen LogP contribution is 2.42. The van der Waals surface area contributed by atoms with Crippen LogP contribution in [0.5, 0.6) is 5.75 Å². The molecule has 0 spiro atoms. The quantitative estimate of drug-likeness (QED) is 0.299. The number of rotatable bonds is 7. The fourth-order valence-corrected chi connectivity index (χ4v) is 5.40. The van der Waals surface area contributed by atoms with Crippen molar-refractivity contribution < 1.29 is 19.0 Å². The summed E-state index contributed by atoms with van der Waals surface area (Å²) < 4.78 is 20.4. The molecule has 1 heterocycles. The van der Waals surface area contributed by atoms with Crippen molar-refractivity contribution in [1.82, 2.24) is 0 Å². The number of benzene rings is 4. The predicted molar refractivity (Wildman–Crippen MR) is 137 cm³/mol. The van der Waals surface area contributed by atoms with E-state index in [1.54, 1.807) is 6.07 Å². The van der Waals surface area contributed by atoms with Gasteiger partial charge in [-0.25, -0.2) is 9.18 Å². The Kier molecular flexibility index (Phi) is 6.54. The van der Waals surface area contributed by atoms with E-state index in [0.717, 1.165) is 42.6 Å². The summed E-state index contributed by atoms with van der Waals surface area (Å²) in [6, 6.07) is 27.4. The summed E-state index contributed by atoms with van der Waals surface area (Å²) in [5.74, 6) is -0.719. The summed E-state index contributed by atoms with van der Waals surface area (Å²) >= 11 is 0. The number of fused-ring (bicyclic) bond motifs is 2. The highest BCUT2D eigenvalue weighted by molar-refractivity contribution is 5.88. The second-order valence-electron chi connectivity index (χ2n) is 9.51. The molecular formula is C31H29FO3. The van der Waals surface area contributed by atoms with Gasteiger partial charge in [0.25, 0.3) is 0 Å². The maximum atomic E-state index is 14.0. The third-order valence-electron chi connectivity index (χ3n) is 7.23. The Hall–Kier alpha value is -3.66. The molecule has 1 aliphatic rings. The van der Waals surface area contributed by atoms with Gasteiger partial charge in [-0.05, 0) is 71.7 Å². The zero-order valence-corrected chi connectivity index (χ0v) is 19.8. The van der Waals surface area contributed by atoms with Gasteiger partial charge in [0, 0.05) is 11.5 Å². The fraction of sp³-hybridized carbons (Fsp3) is 0.258. The highest BCUT2D eigenvalue weighted by Gasteiger charge is 2.30. The van der Waals surface area contributed by atoms with E-state index in [4.69, 9.17) is 4.74 Å². The minimum Gasteiger partial charge on any atom is -0.490 e. The van der Waals surface area contributed by atoms with E-state index in [0.29, 0.717) is 5.92 Å². The van der Waals surface area contributed by atoms with Gasteiger partial charge in [0.05, 0.1) is 11.7 Å². The number of ether oxygens (including phenoxy) is 1. The third-order valence-corrected chi connectivity index (χ3v) is 7.23. The summed E-state index contributed by atoms with van der Waals surface area (Å²) in [5.41, 5.74) is 2.93. The van der Waals surface area contributed by atoms with Crippen LogP contribution in [0.25, 0.3) is 10.8 Å². The van der Waals surface area contributed by atoms with E-state index in [9.17, 15) is 14.3 Å². The Balaban J connectivity index is 1.31. The van der Waals surface area contributed by atoms with Gasteiger partial charge in [-0.1, -0.05) is 73.7 Å². The predicted octanol–water partition coefficient (Wildman–Crippen LogP) is 7.93. The first kappa shape index (κ1) is 23.1. The van der Waals surface area contributed by atoms with Gasteiger partial charge in [0.2, 0.25) is 0 Å². The summed E-state index contributed by atoms with van der Waals surface area (Å²) in [4.78, 5) is 11.5. The van der Waals surface area contributed by atoms with Crippen LogP contribution >= 0.6 is 0 Å².